The Morgan fingerprint density at radius 2 is 2.09 bits per heavy atom. The number of rotatable bonds is 3. The van der Waals surface area contributed by atoms with E-state index in [-0.39, 0.29) is 0 Å². The average molecular weight is 330 g/mol. The molecule has 0 N–H and O–H groups in total. The first-order valence-corrected chi connectivity index (χ1v) is 9.25. The van der Waals surface area contributed by atoms with Crippen LogP contribution in [0.4, 0.5) is 0 Å². The van der Waals surface area contributed by atoms with E-state index in [1.165, 1.54) is 22.8 Å². The predicted octanol–water partition coefficient (Wildman–Crippen LogP) is 3.70. The van der Waals surface area contributed by atoms with Crippen LogP contribution in [0.15, 0.2) is 22.2 Å². The lowest BCUT2D eigenvalue weighted by molar-refractivity contribution is 0.206. The molecule has 0 spiro atoms. The first-order chi connectivity index (χ1) is 10.7. The van der Waals surface area contributed by atoms with E-state index in [9.17, 15) is 0 Å². The van der Waals surface area contributed by atoms with Crippen LogP contribution in [0.5, 0.6) is 0 Å². The molecule has 0 aliphatic carbocycles. The summed E-state index contributed by atoms with van der Waals surface area (Å²) >= 11 is 3.46. The molecule has 1 aliphatic heterocycles. The van der Waals surface area contributed by atoms with Crippen LogP contribution in [0, 0.1) is 13.8 Å². The summed E-state index contributed by atoms with van der Waals surface area (Å²) in [4.78, 5) is 11.9. The standard InChI is InChI=1S/C16H18N4S2/c1-11-12(2)20-5-4-19(8-15(20)17-11)7-14-10-22-16(18-14)13-3-6-21-9-13/h3,6,9-10H,4-5,7-8H2,1-2H3. The van der Waals surface area contributed by atoms with Gasteiger partial charge in [0.05, 0.1) is 17.9 Å². The smallest absolute Gasteiger partial charge is 0.124 e. The molecule has 4 heterocycles. The van der Waals surface area contributed by atoms with Crippen LogP contribution in [0.3, 0.4) is 0 Å². The third-order valence-corrected chi connectivity index (χ3v) is 5.87. The lowest BCUT2D eigenvalue weighted by Gasteiger charge is -2.27. The van der Waals surface area contributed by atoms with Crippen molar-refractivity contribution in [1.82, 2.24) is 19.4 Å². The van der Waals surface area contributed by atoms with E-state index in [1.54, 1.807) is 22.7 Å². The van der Waals surface area contributed by atoms with E-state index < -0.39 is 0 Å². The van der Waals surface area contributed by atoms with Gasteiger partial charge in [0.2, 0.25) is 0 Å². The lowest BCUT2D eigenvalue weighted by atomic mass is 10.3. The SMILES string of the molecule is Cc1nc2n(c1C)CCN(Cc1csc(-c3ccsc3)n1)C2. The highest BCUT2D eigenvalue weighted by molar-refractivity contribution is 7.14. The maximum absolute atomic E-state index is 4.78. The fourth-order valence-corrected chi connectivity index (χ4v) is 4.45. The van der Waals surface area contributed by atoms with Crippen molar-refractivity contribution in [2.45, 2.75) is 33.5 Å². The molecule has 6 heteroatoms. The minimum atomic E-state index is 0.908. The van der Waals surface area contributed by atoms with Crippen molar-refractivity contribution >= 4 is 22.7 Å². The number of thiazole rings is 1. The summed E-state index contributed by atoms with van der Waals surface area (Å²) in [5.41, 5.74) is 4.87. The van der Waals surface area contributed by atoms with Crippen LogP contribution in [-0.2, 0) is 19.6 Å². The van der Waals surface area contributed by atoms with Crippen molar-refractivity contribution in [1.29, 1.82) is 0 Å². The van der Waals surface area contributed by atoms with Crippen molar-refractivity contribution in [2.24, 2.45) is 0 Å². The van der Waals surface area contributed by atoms with Gasteiger partial charge in [0, 0.05) is 41.7 Å². The fourth-order valence-electron chi connectivity index (χ4n) is 2.92. The number of thiophene rings is 1. The Morgan fingerprint density at radius 1 is 1.18 bits per heavy atom. The summed E-state index contributed by atoms with van der Waals surface area (Å²) in [6.07, 6.45) is 0. The normalized spacial score (nSPS) is 15.2. The summed E-state index contributed by atoms with van der Waals surface area (Å²) in [5, 5.41) is 7.57. The predicted molar refractivity (Wildman–Crippen MR) is 91.2 cm³/mol. The van der Waals surface area contributed by atoms with Crippen molar-refractivity contribution in [3.05, 3.63) is 45.1 Å². The number of hydrogen-bond donors (Lipinski definition) is 0. The molecule has 4 nitrogen and oxygen atoms in total. The zero-order chi connectivity index (χ0) is 15.1. The largest absolute Gasteiger partial charge is 0.330 e. The quantitative estimate of drug-likeness (QED) is 0.734. The van der Waals surface area contributed by atoms with Gasteiger partial charge >= 0.3 is 0 Å². The molecule has 4 rings (SSSR count). The van der Waals surface area contributed by atoms with Gasteiger partial charge in [-0.2, -0.15) is 11.3 Å². The van der Waals surface area contributed by atoms with Crippen LogP contribution < -0.4 is 0 Å². The molecule has 0 saturated heterocycles. The first kappa shape index (κ1) is 14.1. The maximum Gasteiger partial charge on any atom is 0.124 e. The van der Waals surface area contributed by atoms with Crippen LogP contribution in [0.1, 0.15) is 22.9 Å². The van der Waals surface area contributed by atoms with Crippen LogP contribution in [-0.4, -0.2) is 26.0 Å². The van der Waals surface area contributed by atoms with Crippen LogP contribution in [0.2, 0.25) is 0 Å². The molecular weight excluding hydrogens is 312 g/mol. The second kappa shape index (κ2) is 5.61. The number of aromatic nitrogens is 3. The molecule has 0 unspecified atom stereocenters. The number of hydrogen-bond acceptors (Lipinski definition) is 5. The molecule has 0 amide bonds. The molecule has 0 fully saturated rings. The molecule has 0 saturated carbocycles. The molecule has 114 valence electrons. The van der Waals surface area contributed by atoms with Crippen molar-refractivity contribution in [3.8, 4) is 10.6 Å². The molecular formula is C16H18N4S2. The Hall–Kier alpha value is -1.50. The Kier molecular flexibility index (Phi) is 3.60. The number of imidazole rings is 1. The monoisotopic (exact) mass is 330 g/mol. The number of aryl methyl sites for hydroxylation is 1. The molecule has 0 atom stereocenters. The van der Waals surface area contributed by atoms with E-state index in [1.807, 2.05) is 0 Å². The molecule has 3 aromatic rings. The average Bonchev–Trinajstić information content (AvgIpc) is 3.21. The zero-order valence-electron chi connectivity index (χ0n) is 12.7. The number of fused-ring (bicyclic) bond motifs is 1. The second-order valence-corrected chi connectivity index (χ2v) is 7.36. The molecule has 3 aromatic heterocycles. The highest BCUT2D eigenvalue weighted by Gasteiger charge is 2.21. The summed E-state index contributed by atoms with van der Waals surface area (Å²) in [6, 6.07) is 2.14. The Balaban J connectivity index is 1.48. The highest BCUT2D eigenvalue weighted by Crippen LogP contribution is 2.27. The molecule has 1 aliphatic rings. The Bertz CT molecular complexity index is 785. The summed E-state index contributed by atoms with van der Waals surface area (Å²) in [7, 11) is 0. The van der Waals surface area contributed by atoms with Gasteiger partial charge < -0.3 is 4.57 Å². The van der Waals surface area contributed by atoms with Gasteiger partial charge in [-0.05, 0) is 25.3 Å². The topological polar surface area (TPSA) is 34.0 Å². The van der Waals surface area contributed by atoms with Gasteiger partial charge in [-0.15, -0.1) is 11.3 Å². The van der Waals surface area contributed by atoms with Crippen LogP contribution >= 0.6 is 22.7 Å². The minimum Gasteiger partial charge on any atom is -0.330 e. The van der Waals surface area contributed by atoms with Gasteiger partial charge in [-0.3, -0.25) is 4.90 Å². The summed E-state index contributed by atoms with van der Waals surface area (Å²) in [5.74, 6) is 1.19. The Labute approximate surface area is 138 Å². The van der Waals surface area contributed by atoms with Crippen molar-refractivity contribution in [3.63, 3.8) is 0 Å². The lowest BCUT2D eigenvalue weighted by Crippen LogP contribution is -2.33. The first-order valence-electron chi connectivity index (χ1n) is 7.42. The number of nitrogens with zero attached hydrogens (tertiary/aromatic N) is 4. The second-order valence-electron chi connectivity index (χ2n) is 5.72. The van der Waals surface area contributed by atoms with Gasteiger partial charge in [0.15, 0.2) is 0 Å². The minimum absolute atomic E-state index is 0.908. The highest BCUT2D eigenvalue weighted by atomic mass is 32.1. The molecule has 0 aromatic carbocycles. The summed E-state index contributed by atoms with van der Waals surface area (Å²) < 4.78 is 2.35. The van der Waals surface area contributed by atoms with Crippen molar-refractivity contribution < 1.29 is 0 Å². The van der Waals surface area contributed by atoms with E-state index >= 15 is 0 Å². The maximum atomic E-state index is 4.78. The molecule has 0 radical (unpaired) electrons. The van der Waals surface area contributed by atoms with Crippen LogP contribution in [0.25, 0.3) is 10.6 Å². The van der Waals surface area contributed by atoms with Gasteiger partial charge in [0.25, 0.3) is 0 Å². The van der Waals surface area contributed by atoms with Gasteiger partial charge in [0.1, 0.15) is 10.8 Å². The van der Waals surface area contributed by atoms with E-state index in [0.29, 0.717) is 0 Å². The third kappa shape index (κ3) is 2.51. The van der Waals surface area contributed by atoms with E-state index in [2.05, 4.69) is 45.5 Å². The van der Waals surface area contributed by atoms with Gasteiger partial charge in [-0.25, -0.2) is 9.97 Å². The van der Waals surface area contributed by atoms with E-state index in [0.717, 1.165) is 36.9 Å². The van der Waals surface area contributed by atoms with E-state index in [4.69, 9.17) is 9.97 Å². The Morgan fingerprint density at radius 3 is 2.91 bits per heavy atom. The van der Waals surface area contributed by atoms with Gasteiger partial charge in [-0.1, -0.05) is 0 Å². The molecule has 22 heavy (non-hydrogen) atoms. The fraction of sp³-hybridized carbons (Fsp3) is 0.375. The molecule has 0 bridgehead atoms. The summed E-state index contributed by atoms with van der Waals surface area (Å²) in [6.45, 7) is 8.18. The third-order valence-electron chi connectivity index (χ3n) is 4.25. The van der Waals surface area contributed by atoms with Crippen molar-refractivity contribution in [2.75, 3.05) is 6.54 Å². The zero-order valence-corrected chi connectivity index (χ0v) is 14.4.